The van der Waals surface area contributed by atoms with Crippen LogP contribution in [0.1, 0.15) is 68.8 Å². The lowest BCUT2D eigenvalue weighted by Gasteiger charge is -2.49. The van der Waals surface area contributed by atoms with Crippen molar-refractivity contribution in [2.45, 2.75) is 57.7 Å². The van der Waals surface area contributed by atoms with Crippen LogP contribution in [0.15, 0.2) is 79.1 Å². The zero-order valence-corrected chi connectivity index (χ0v) is 38.0. The first-order valence-electron chi connectivity index (χ1n) is 23.4. The van der Waals surface area contributed by atoms with Crippen molar-refractivity contribution in [1.29, 1.82) is 0 Å². The molecule has 0 spiro atoms. The van der Waals surface area contributed by atoms with Crippen molar-refractivity contribution >= 4 is 69.6 Å². The molecule has 0 aliphatic carbocycles. The van der Waals surface area contributed by atoms with Gasteiger partial charge in [-0.1, -0.05) is 12.1 Å². The number of nitrogens with one attached hydrogen (secondary N) is 4. The first-order chi connectivity index (χ1) is 33.0. The third kappa shape index (κ3) is 8.07. The summed E-state index contributed by atoms with van der Waals surface area (Å²) in [5, 5.41) is 12.1. The zero-order valence-electron chi connectivity index (χ0n) is 38.0. The van der Waals surface area contributed by atoms with Gasteiger partial charge in [-0.25, -0.2) is 15.0 Å². The van der Waals surface area contributed by atoms with Crippen LogP contribution < -0.4 is 40.7 Å². The van der Waals surface area contributed by atoms with Crippen LogP contribution in [0.25, 0.3) is 0 Å². The van der Waals surface area contributed by atoms with Gasteiger partial charge in [0.05, 0.1) is 41.2 Å². The summed E-state index contributed by atoms with van der Waals surface area (Å²) in [5.41, 5.74) is 10.3. The van der Waals surface area contributed by atoms with Gasteiger partial charge in [-0.05, 0) is 92.4 Å². The molecular formula is C50H52N12O6. The highest BCUT2D eigenvalue weighted by Gasteiger charge is 2.45. The van der Waals surface area contributed by atoms with Crippen LogP contribution in [-0.2, 0) is 27.3 Å². The molecule has 0 bridgehead atoms. The van der Waals surface area contributed by atoms with E-state index >= 15 is 0 Å². The molecule has 18 heteroatoms. The molecule has 3 aromatic carbocycles. The number of anilines is 7. The molecule has 68 heavy (non-hydrogen) atoms. The third-order valence-electron chi connectivity index (χ3n) is 14.2. The van der Waals surface area contributed by atoms with Crippen LogP contribution >= 0.6 is 0 Å². The molecule has 6 aliphatic rings. The topological polar surface area (TPSA) is 198 Å². The van der Waals surface area contributed by atoms with Gasteiger partial charge in [-0.15, -0.1) is 0 Å². The Balaban J connectivity index is 0.636. The van der Waals surface area contributed by atoms with E-state index in [1.807, 2.05) is 61.8 Å². The first kappa shape index (κ1) is 43.0. The fraction of sp³-hybridized carbons (Fsp3) is 0.360. The maximum absolute atomic E-state index is 13.4. The van der Waals surface area contributed by atoms with Crippen molar-refractivity contribution < 1.29 is 28.7 Å². The van der Waals surface area contributed by atoms with Gasteiger partial charge < -0.3 is 35.4 Å². The van der Waals surface area contributed by atoms with Crippen LogP contribution in [0.4, 0.5) is 40.1 Å². The predicted octanol–water partition coefficient (Wildman–Crippen LogP) is 4.44. The Bertz CT molecular complexity index is 2840. The van der Waals surface area contributed by atoms with Crippen molar-refractivity contribution in [3.63, 3.8) is 0 Å². The second-order valence-corrected chi connectivity index (χ2v) is 18.3. The molecule has 18 nitrogen and oxygen atoms in total. The molecule has 3 fully saturated rings. The van der Waals surface area contributed by atoms with E-state index in [0.717, 1.165) is 120 Å². The Morgan fingerprint density at radius 1 is 0.809 bits per heavy atom. The maximum Gasteiger partial charge on any atom is 0.262 e. The van der Waals surface area contributed by atoms with E-state index in [-0.39, 0.29) is 30.2 Å². The third-order valence-corrected chi connectivity index (χ3v) is 14.2. The molecule has 0 saturated carbocycles. The Kier molecular flexibility index (Phi) is 11.1. The second kappa shape index (κ2) is 17.6. The van der Waals surface area contributed by atoms with Gasteiger partial charge in [0.2, 0.25) is 29.5 Å². The minimum absolute atomic E-state index is 0.0857. The number of rotatable bonds is 10. The van der Waals surface area contributed by atoms with E-state index in [9.17, 15) is 24.0 Å². The number of carbonyl (C=O) groups is 5. The SMILES string of the molecule is Cc1c(N2CCc3cnc(Nc4ccc([C@@H](C)C(=O)Nc5ccc(N6CCN(C7CN(c8ccc9c(c8)C(=O)N(C8CCC(=O)NC8=O)C9=O)C7)CC6)cc5)cc4)nc3C2)cnc2c1NCCO2. The molecule has 5 aromatic rings. The summed E-state index contributed by atoms with van der Waals surface area (Å²) in [5.74, 6) is -1.29. The largest absolute Gasteiger partial charge is 0.474 e. The minimum Gasteiger partial charge on any atom is -0.474 e. The Morgan fingerprint density at radius 3 is 2.34 bits per heavy atom. The number of hydrogen-bond acceptors (Lipinski definition) is 15. The quantitative estimate of drug-likeness (QED) is 0.143. The van der Waals surface area contributed by atoms with Crippen molar-refractivity contribution in [2.24, 2.45) is 0 Å². The number of imide groups is 2. The van der Waals surface area contributed by atoms with Gasteiger partial charge in [0.15, 0.2) is 0 Å². The first-order valence-corrected chi connectivity index (χ1v) is 23.4. The summed E-state index contributed by atoms with van der Waals surface area (Å²) >= 11 is 0. The Labute approximate surface area is 393 Å². The number of nitrogens with zero attached hydrogens (tertiary/aromatic N) is 8. The normalized spacial score (nSPS) is 19.8. The van der Waals surface area contributed by atoms with Crippen LogP contribution in [0.3, 0.4) is 0 Å². The smallest absolute Gasteiger partial charge is 0.262 e. The average molecular weight is 917 g/mol. The van der Waals surface area contributed by atoms with Crippen LogP contribution in [0, 0.1) is 6.92 Å². The molecule has 5 amide bonds. The Hall–Kier alpha value is -7.60. The van der Waals surface area contributed by atoms with Crippen molar-refractivity contribution in [3.05, 3.63) is 113 Å². The number of pyridine rings is 1. The van der Waals surface area contributed by atoms with Crippen LogP contribution in [0.5, 0.6) is 5.88 Å². The highest BCUT2D eigenvalue weighted by molar-refractivity contribution is 6.23. The van der Waals surface area contributed by atoms with E-state index < -0.39 is 29.7 Å². The summed E-state index contributed by atoms with van der Waals surface area (Å²) < 4.78 is 5.73. The minimum atomic E-state index is -0.981. The van der Waals surface area contributed by atoms with E-state index in [1.165, 1.54) is 0 Å². The number of carbonyl (C=O) groups excluding carboxylic acids is 5. The maximum atomic E-state index is 13.4. The fourth-order valence-corrected chi connectivity index (χ4v) is 10.1. The standard InChI is InChI=1S/C50H52N12O6/c1-29(31-3-5-34(6-4-31)55-50-53-24-32-15-17-60(28-40(32)56-50)42-25-52-47-44(30(42)2)51-16-22-68-47)45(64)54-33-7-9-35(10-8-33)58-18-20-59(21-19-58)37-26-61(27-37)36-11-12-38-39(23-36)49(67)62(48(38)66)41-13-14-43(63)57-46(41)65/h3-12,23-25,29,37,41,51H,13-22,26-28H2,1-2H3,(H,54,64)(H,53,55,56)(H,57,63,65)/t29-,41?/m1/s1. The van der Waals surface area contributed by atoms with Gasteiger partial charge >= 0.3 is 0 Å². The number of aromatic nitrogens is 3. The molecule has 11 rings (SSSR count). The summed E-state index contributed by atoms with van der Waals surface area (Å²) in [6.07, 6.45) is 4.85. The molecular weight excluding hydrogens is 865 g/mol. The van der Waals surface area contributed by atoms with Gasteiger partial charge in [0.25, 0.3) is 11.8 Å². The molecule has 8 heterocycles. The number of hydrogen-bond donors (Lipinski definition) is 4. The van der Waals surface area contributed by atoms with Crippen LogP contribution in [-0.4, -0.2) is 125 Å². The van der Waals surface area contributed by atoms with Crippen molar-refractivity contribution in [2.75, 3.05) is 89.6 Å². The highest BCUT2D eigenvalue weighted by Crippen LogP contribution is 2.37. The van der Waals surface area contributed by atoms with E-state index in [2.05, 4.69) is 69.9 Å². The summed E-state index contributed by atoms with van der Waals surface area (Å²) in [4.78, 5) is 88.4. The van der Waals surface area contributed by atoms with Gasteiger partial charge in [0, 0.05) is 99.3 Å². The Morgan fingerprint density at radius 2 is 1.56 bits per heavy atom. The number of amides is 5. The number of fused-ring (bicyclic) bond motifs is 3. The number of benzene rings is 3. The van der Waals surface area contributed by atoms with E-state index in [4.69, 9.17) is 9.72 Å². The second-order valence-electron chi connectivity index (χ2n) is 18.3. The molecule has 4 N–H and O–H groups in total. The van der Waals surface area contributed by atoms with Gasteiger partial charge in [0.1, 0.15) is 18.3 Å². The lowest BCUT2D eigenvalue weighted by molar-refractivity contribution is -0.136. The van der Waals surface area contributed by atoms with Crippen molar-refractivity contribution in [3.8, 4) is 5.88 Å². The summed E-state index contributed by atoms with van der Waals surface area (Å²) in [6.45, 7) is 12.0. The fourth-order valence-electron chi connectivity index (χ4n) is 10.1. The van der Waals surface area contributed by atoms with E-state index in [0.29, 0.717) is 36.6 Å². The van der Waals surface area contributed by atoms with E-state index in [1.54, 1.807) is 12.1 Å². The molecule has 2 atom stereocenters. The number of ether oxygens (including phenoxy) is 1. The monoisotopic (exact) mass is 916 g/mol. The lowest BCUT2D eigenvalue weighted by atomic mass is 10.00. The van der Waals surface area contributed by atoms with Crippen molar-refractivity contribution in [1.82, 2.24) is 30.1 Å². The van der Waals surface area contributed by atoms with Gasteiger partial charge in [-0.3, -0.25) is 39.1 Å². The molecule has 2 aromatic heterocycles. The lowest BCUT2D eigenvalue weighted by Crippen LogP contribution is -2.63. The summed E-state index contributed by atoms with van der Waals surface area (Å²) in [6, 6.07) is 20.5. The molecule has 3 saturated heterocycles. The molecule has 348 valence electrons. The number of piperidine rings is 1. The molecule has 0 radical (unpaired) electrons. The average Bonchev–Trinajstić information content (AvgIpc) is 3.59. The van der Waals surface area contributed by atoms with Gasteiger partial charge in [-0.2, -0.15) is 0 Å². The summed E-state index contributed by atoms with van der Waals surface area (Å²) in [7, 11) is 0. The zero-order chi connectivity index (χ0) is 46.6. The molecule has 6 aliphatic heterocycles. The number of piperazine rings is 1. The highest BCUT2D eigenvalue weighted by atomic mass is 16.5. The molecule has 1 unspecified atom stereocenters. The predicted molar refractivity (Wildman–Crippen MR) is 256 cm³/mol. The van der Waals surface area contributed by atoms with Crippen LogP contribution in [0.2, 0.25) is 0 Å².